The predicted octanol–water partition coefficient (Wildman–Crippen LogP) is 1.57. The van der Waals surface area contributed by atoms with Crippen LogP contribution < -0.4 is 0 Å². The van der Waals surface area contributed by atoms with E-state index in [2.05, 4.69) is 31.3 Å². The molecule has 0 aliphatic carbocycles. The van der Waals surface area contributed by atoms with Crippen LogP contribution in [0.15, 0.2) is 47.8 Å². The number of aromatic nitrogens is 6. The summed E-state index contributed by atoms with van der Waals surface area (Å²) in [6.07, 6.45) is 8.55. The summed E-state index contributed by atoms with van der Waals surface area (Å²) in [7, 11) is 0. The number of carbonyl (C=O) groups is 1. The topological polar surface area (TPSA) is 130 Å². The number of H-pyrrole nitrogens is 1. The zero-order chi connectivity index (χ0) is 19.1. The molecule has 10 nitrogen and oxygen atoms in total. The molecule has 0 unspecified atom stereocenters. The lowest BCUT2D eigenvalue weighted by atomic mass is 9.86. The maximum atomic E-state index is 12.4. The Morgan fingerprint density at radius 2 is 2.25 bits per heavy atom. The zero-order valence-electron chi connectivity index (χ0n) is 14.6. The average molecular weight is 374 g/mol. The van der Waals surface area contributed by atoms with Crippen LogP contribution in [0.2, 0.25) is 0 Å². The van der Waals surface area contributed by atoms with Crippen molar-refractivity contribution in [2.75, 3.05) is 13.1 Å². The lowest BCUT2D eigenvalue weighted by Crippen LogP contribution is -2.64. The van der Waals surface area contributed by atoms with Crippen LogP contribution in [0.3, 0.4) is 0 Å². The Hall–Kier alpha value is -4.00. The molecule has 1 fully saturated rings. The molecule has 4 aromatic heterocycles. The summed E-state index contributed by atoms with van der Waals surface area (Å²) in [6, 6.07) is 5.65. The predicted molar refractivity (Wildman–Crippen MR) is 95.7 cm³/mol. The second-order valence-corrected chi connectivity index (χ2v) is 6.73. The van der Waals surface area contributed by atoms with Crippen molar-refractivity contribution in [3.8, 4) is 17.3 Å². The first-order valence-electron chi connectivity index (χ1n) is 8.61. The van der Waals surface area contributed by atoms with Gasteiger partial charge in [0.15, 0.2) is 0 Å². The summed E-state index contributed by atoms with van der Waals surface area (Å²) in [5.74, 6) is -0.0641. The van der Waals surface area contributed by atoms with Crippen LogP contribution in [0.5, 0.6) is 0 Å². The van der Waals surface area contributed by atoms with Gasteiger partial charge in [-0.15, -0.1) is 0 Å². The number of amides is 1. The molecule has 28 heavy (non-hydrogen) atoms. The van der Waals surface area contributed by atoms with Crippen molar-refractivity contribution >= 4 is 16.9 Å². The average Bonchev–Trinajstić information content (AvgIpc) is 3.44. The molecule has 0 spiro atoms. The normalized spacial score (nSPS) is 15.3. The summed E-state index contributed by atoms with van der Waals surface area (Å²) in [4.78, 5) is 25.7. The largest absolute Gasteiger partial charge is 0.351 e. The minimum atomic E-state index is -0.576. The molecule has 0 bridgehead atoms. The standard InChI is InChI=1S/C18H14N8O2/c19-4-3-18(9-25(10-18)17(27)14-2-6-24-28-14)26-8-12(7-23-26)15-13-1-5-20-16(13)22-11-21-15/h1-2,5-8,11H,3,9-10H2,(H,20,21,22). The molecule has 1 aliphatic rings. The Morgan fingerprint density at radius 1 is 1.36 bits per heavy atom. The fraction of sp³-hybridized carbons (Fsp3) is 0.222. The van der Waals surface area contributed by atoms with Gasteiger partial charge in [0, 0.05) is 42.5 Å². The van der Waals surface area contributed by atoms with E-state index in [-0.39, 0.29) is 18.1 Å². The van der Waals surface area contributed by atoms with Crippen LogP contribution in [0, 0.1) is 11.3 Å². The minimum absolute atomic E-state index is 0.183. The van der Waals surface area contributed by atoms with Crippen molar-refractivity contribution in [3.05, 3.63) is 49.0 Å². The molecular weight excluding hydrogens is 360 g/mol. The number of nitrogens with zero attached hydrogens (tertiary/aromatic N) is 7. The van der Waals surface area contributed by atoms with Gasteiger partial charge in [0.2, 0.25) is 5.76 Å². The first-order valence-corrected chi connectivity index (χ1v) is 8.61. The number of likely N-dealkylation sites (tertiary alicyclic amines) is 1. The number of rotatable bonds is 4. The van der Waals surface area contributed by atoms with E-state index in [0.29, 0.717) is 13.1 Å². The number of nitriles is 1. The van der Waals surface area contributed by atoms with Crippen LogP contribution in [0.25, 0.3) is 22.3 Å². The molecule has 1 saturated heterocycles. The summed E-state index contributed by atoms with van der Waals surface area (Å²) in [5.41, 5.74) is 1.76. The van der Waals surface area contributed by atoms with E-state index in [1.807, 2.05) is 18.5 Å². The van der Waals surface area contributed by atoms with Gasteiger partial charge < -0.3 is 14.4 Å². The number of carbonyl (C=O) groups excluding carboxylic acids is 1. The zero-order valence-corrected chi connectivity index (χ0v) is 14.6. The molecular formula is C18H14N8O2. The summed E-state index contributed by atoms with van der Waals surface area (Å²) in [5, 5.41) is 18.3. The van der Waals surface area contributed by atoms with Crippen LogP contribution in [-0.4, -0.2) is 53.8 Å². The highest BCUT2D eigenvalue weighted by Crippen LogP contribution is 2.35. The SMILES string of the molecule is N#CCC1(n2cc(-c3ncnc4[nH]ccc34)cn2)CN(C(=O)c2ccno2)C1. The molecule has 1 amide bonds. The fourth-order valence-electron chi connectivity index (χ4n) is 3.58. The van der Waals surface area contributed by atoms with E-state index in [9.17, 15) is 10.1 Å². The highest BCUT2D eigenvalue weighted by Gasteiger charge is 2.48. The van der Waals surface area contributed by atoms with Crippen molar-refractivity contribution in [3.63, 3.8) is 0 Å². The van der Waals surface area contributed by atoms with Crippen LogP contribution >= 0.6 is 0 Å². The van der Waals surface area contributed by atoms with E-state index in [0.717, 1.165) is 22.3 Å². The highest BCUT2D eigenvalue weighted by atomic mass is 16.5. The summed E-state index contributed by atoms with van der Waals surface area (Å²) < 4.78 is 6.70. The van der Waals surface area contributed by atoms with E-state index < -0.39 is 5.54 Å². The Kier molecular flexibility index (Phi) is 3.48. The lowest BCUT2D eigenvalue weighted by Gasteiger charge is -2.48. The monoisotopic (exact) mass is 374 g/mol. The molecule has 0 radical (unpaired) electrons. The Labute approximate surface area is 158 Å². The first kappa shape index (κ1) is 16.2. The van der Waals surface area contributed by atoms with Crippen molar-refractivity contribution in [2.24, 2.45) is 0 Å². The van der Waals surface area contributed by atoms with Gasteiger partial charge in [-0.1, -0.05) is 5.16 Å². The molecule has 0 saturated carbocycles. The Bertz CT molecular complexity index is 1190. The molecule has 4 aromatic rings. The number of aromatic amines is 1. The summed E-state index contributed by atoms with van der Waals surface area (Å²) >= 11 is 0. The van der Waals surface area contributed by atoms with Gasteiger partial charge in [0.05, 0.1) is 30.6 Å². The third-order valence-corrected chi connectivity index (χ3v) is 5.01. The van der Waals surface area contributed by atoms with Crippen LogP contribution in [0.4, 0.5) is 0 Å². The van der Waals surface area contributed by atoms with Gasteiger partial charge >= 0.3 is 0 Å². The van der Waals surface area contributed by atoms with Gasteiger partial charge in [-0.2, -0.15) is 10.4 Å². The second kappa shape index (κ2) is 6.02. The second-order valence-electron chi connectivity index (χ2n) is 6.73. The minimum Gasteiger partial charge on any atom is -0.351 e. The van der Waals surface area contributed by atoms with E-state index >= 15 is 0 Å². The summed E-state index contributed by atoms with van der Waals surface area (Å²) in [6.45, 7) is 0.731. The lowest BCUT2D eigenvalue weighted by molar-refractivity contribution is 0.00571. The number of fused-ring (bicyclic) bond motifs is 1. The van der Waals surface area contributed by atoms with Crippen LogP contribution in [0.1, 0.15) is 17.0 Å². The highest BCUT2D eigenvalue weighted by molar-refractivity contribution is 5.92. The van der Waals surface area contributed by atoms with Crippen molar-refractivity contribution < 1.29 is 9.32 Å². The molecule has 138 valence electrons. The number of hydrogen-bond acceptors (Lipinski definition) is 7. The third kappa shape index (κ3) is 2.37. The Balaban J connectivity index is 1.44. The van der Waals surface area contributed by atoms with Gasteiger partial charge in [-0.05, 0) is 6.07 Å². The molecule has 5 heterocycles. The van der Waals surface area contributed by atoms with Gasteiger partial charge in [0.1, 0.15) is 17.5 Å². The molecule has 10 heteroatoms. The Morgan fingerprint density at radius 3 is 3.04 bits per heavy atom. The number of nitrogens with one attached hydrogen (secondary N) is 1. The van der Waals surface area contributed by atoms with Gasteiger partial charge in [0.25, 0.3) is 5.91 Å². The molecule has 5 rings (SSSR count). The van der Waals surface area contributed by atoms with Crippen molar-refractivity contribution in [1.29, 1.82) is 5.26 Å². The smallest absolute Gasteiger partial charge is 0.292 e. The third-order valence-electron chi connectivity index (χ3n) is 5.01. The molecule has 0 aromatic carbocycles. The first-order chi connectivity index (χ1) is 13.7. The molecule has 0 atom stereocenters. The van der Waals surface area contributed by atoms with E-state index in [1.165, 1.54) is 18.6 Å². The van der Waals surface area contributed by atoms with Crippen molar-refractivity contribution in [2.45, 2.75) is 12.0 Å². The van der Waals surface area contributed by atoms with Gasteiger partial charge in [-0.25, -0.2) is 9.97 Å². The van der Waals surface area contributed by atoms with E-state index in [1.54, 1.807) is 15.8 Å². The molecule has 1 aliphatic heterocycles. The van der Waals surface area contributed by atoms with E-state index in [4.69, 9.17) is 4.52 Å². The maximum absolute atomic E-state index is 12.4. The van der Waals surface area contributed by atoms with Crippen molar-refractivity contribution in [1.82, 2.24) is 34.8 Å². The van der Waals surface area contributed by atoms with Gasteiger partial charge in [-0.3, -0.25) is 9.48 Å². The molecule has 1 N–H and O–H groups in total. The fourth-order valence-corrected chi connectivity index (χ4v) is 3.58. The maximum Gasteiger partial charge on any atom is 0.292 e. The number of hydrogen-bond donors (Lipinski definition) is 1. The van der Waals surface area contributed by atoms with Crippen LogP contribution in [-0.2, 0) is 5.54 Å². The quantitative estimate of drug-likeness (QED) is 0.574.